The molecular formula is C11H14ClNO. The minimum atomic E-state index is 0.0422. The van der Waals surface area contributed by atoms with Crippen molar-refractivity contribution in [3.63, 3.8) is 0 Å². The van der Waals surface area contributed by atoms with Crippen molar-refractivity contribution < 1.29 is 5.11 Å². The molecule has 3 N–H and O–H groups in total. The van der Waals surface area contributed by atoms with E-state index in [0.29, 0.717) is 6.54 Å². The molecule has 0 aliphatic heterocycles. The number of phenolic OH excluding ortho intramolecular Hbond substituents is 1. The lowest BCUT2D eigenvalue weighted by atomic mass is 9.94. The van der Waals surface area contributed by atoms with Gasteiger partial charge in [0.15, 0.2) is 0 Å². The number of hydrogen-bond acceptors (Lipinski definition) is 2. The van der Waals surface area contributed by atoms with E-state index >= 15 is 0 Å². The van der Waals surface area contributed by atoms with Crippen molar-refractivity contribution in [3.8, 4) is 5.75 Å². The van der Waals surface area contributed by atoms with Gasteiger partial charge in [-0.25, -0.2) is 0 Å². The lowest BCUT2D eigenvalue weighted by Crippen LogP contribution is -2.20. The molecule has 2 nitrogen and oxygen atoms in total. The summed E-state index contributed by atoms with van der Waals surface area (Å²) < 4.78 is 0. The zero-order valence-electron chi connectivity index (χ0n) is 8.18. The number of benzene rings is 1. The summed E-state index contributed by atoms with van der Waals surface area (Å²) in [5, 5.41) is 10.3. The highest BCUT2D eigenvalue weighted by Gasteiger charge is 2.44. The zero-order valence-corrected chi connectivity index (χ0v) is 8.93. The van der Waals surface area contributed by atoms with Crippen molar-refractivity contribution in [2.75, 3.05) is 6.54 Å². The maximum absolute atomic E-state index is 9.51. The first-order chi connectivity index (χ1) is 6.59. The first-order valence-corrected chi connectivity index (χ1v) is 5.16. The summed E-state index contributed by atoms with van der Waals surface area (Å²) >= 11 is 6.20. The summed E-state index contributed by atoms with van der Waals surface area (Å²) in [7, 11) is 0. The molecule has 1 aliphatic rings. The van der Waals surface area contributed by atoms with Gasteiger partial charge in [0.05, 0.1) is 0 Å². The van der Waals surface area contributed by atoms with Gasteiger partial charge in [-0.3, -0.25) is 0 Å². The predicted molar refractivity (Wildman–Crippen MR) is 57.8 cm³/mol. The van der Waals surface area contributed by atoms with Gasteiger partial charge in [-0.2, -0.15) is 0 Å². The zero-order chi connectivity index (χ0) is 10.3. The molecule has 0 amide bonds. The van der Waals surface area contributed by atoms with E-state index in [1.54, 1.807) is 12.1 Å². The SMILES string of the molecule is Cc1cc(O)cc(C2(CN)CC2)c1Cl. The smallest absolute Gasteiger partial charge is 0.116 e. The Morgan fingerprint density at radius 2 is 2.14 bits per heavy atom. The number of rotatable bonds is 2. The maximum Gasteiger partial charge on any atom is 0.116 e. The molecule has 1 aromatic rings. The van der Waals surface area contributed by atoms with E-state index in [4.69, 9.17) is 17.3 Å². The molecule has 0 unspecified atom stereocenters. The highest BCUT2D eigenvalue weighted by Crippen LogP contribution is 2.50. The first-order valence-electron chi connectivity index (χ1n) is 4.79. The van der Waals surface area contributed by atoms with Gasteiger partial charge in [-0.1, -0.05) is 11.6 Å². The Morgan fingerprint density at radius 1 is 1.50 bits per heavy atom. The molecule has 1 aliphatic carbocycles. The molecule has 1 aromatic carbocycles. The largest absolute Gasteiger partial charge is 0.508 e. The molecular weight excluding hydrogens is 198 g/mol. The fourth-order valence-corrected chi connectivity index (χ4v) is 2.18. The molecule has 3 heteroatoms. The van der Waals surface area contributed by atoms with Crippen molar-refractivity contribution in [1.29, 1.82) is 0 Å². The van der Waals surface area contributed by atoms with Gasteiger partial charge < -0.3 is 10.8 Å². The lowest BCUT2D eigenvalue weighted by Gasteiger charge is -2.16. The number of hydrogen-bond donors (Lipinski definition) is 2. The van der Waals surface area contributed by atoms with Crippen LogP contribution in [0.25, 0.3) is 0 Å². The number of aryl methyl sites for hydroxylation is 1. The van der Waals surface area contributed by atoms with Gasteiger partial charge in [0.1, 0.15) is 5.75 Å². The fourth-order valence-electron chi connectivity index (χ4n) is 1.87. The average Bonchev–Trinajstić information content (AvgIpc) is 2.92. The second-order valence-electron chi connectivity index (χ2n) is 4.11. The van der Waals surface area contributed by atoms with Crippen molar-refractivity contribution in [2.45, 2.75) is 25.2 Å². The summed E-state index contributed by atoms with van der Waals surface area (Å²) in [6, 6.07) is 3.42. The van der Waals surface area contributed by atoms with Gasteiger partial charge in [0, 0.05) is 17.0 Å². The van der Waals surface area contributed by atoms with E-state index in [0.717, 1.165) is 29.0 Å². The second-order valence-corrected chi connectivity index (χ2v) is 4.49. The van der Waals surface area contributed by atoms with Gasteiger partial charge >= 0.3 is 0 Å². The standard InChI is InChI=1S/C11H14ClNO/c1-7-4-8(14)5-9(10(7)12)11(6-13)2-3-11/h4-5,14H,2-3,6,13H2,1H3. The molecule has 0 aromatic heterocycles. The molecule has 76 valence electrons. The van der Waals surface area contributed by atoms with E-state index in [1.807, 2.05) is 6.92 Å². The average molecular weight is 212 g/mol. The van der Waals surface area contributed by atoms with Crippen LogP contribution in [0.3, 0.4) is 0 Å². The number of halogens is 1. The maximum atomic E-state index is 9.51. The molecule has 1 fully saturated rings. The summed E-state index contributed by atoms with van der Waals surface area (Å²) in [5.74, 6) is 0.279. The Labute approximate surface area is 88.7 Å². The van der Waals surface area contributed by atoms with Gasteiger partial charge in [0.2, 0.25) is 0 Å². The van der Waals surface area contributed by atoms with Crippen LogP contribution in [-0.4, -0.2) is 11.7 Å². The number of aromatic hydroxyl groups is 1. The van der Waals surface area contributed by atoms with E-state index in [2.05, 4.69) is 0 Å². The topological polar surface area (TPSA) is 46.2 Å². The van der Waals surface area contributed by atoms with Gasteiger partial charge in [0.25, 0.3) is 0 Å². The summed E-state index contributed by atoms with van der Waals surface area (Å²) in [5.41, 5.74) is 7.70. The third kappa shape index (κ3) is 1.39. The highest BCUT2D eigenvalue weighted by molar-refractivity contribution is 6.32. The summed E-state index contributed by atoms with van der Waals surface area (Å²) in [6.07, 6.45) is 2.15. The summed E-state index contributed by atoms with van der Waals surface area (Å²) in [4.78, 5) is 0. The van der Waals surface area contributed by atoms with Crippen LogP contribution in [0.4, 0.5) is 0 Å². The Balaban J connectivity index is 2.52. The molecule has 0 atom stereocenters. The molecule has 0 spiro atoms. The van der Waals surface area contributed by atoms with Crippen LogP contribution in [-0.2, 0) is 5.41 Å². The van der Waals surface area contributed by atoms with Crippen molar-refractivity contribution in [1.82, 2.24) is 0 Å². The van der Waals surface area contributed by atoms with E-state index in [-0.39, 0.29) is 11.2 Å². The van der Waals surface area contributed by atoms with Gasteiger partial charge in [-0.15, -0.1) is 0 Å². The predicted octanol–water partition coefficient (Wildman–Crippen LogP) is 2.34. The molecule has 14 heavy (non-hydrogen) atoms. The molecule has 0 bridgehead atoms. The van der Waals surface area contributed by atoms with Crippen molar-refractivity contribution >= 4 is 11.6 Å². The molecule has 1 saturated carbocycles. The van der Waals surface area contributed by atoms with Crippen LogP contribution in [0, 0.1) is 6.92 Å². The Hall–Kier alpha value is -0.730. The van der Waals surface area contributed by atoms with Crippen molar-refractivity contribution in [2.24, 2.45) is 5.73 Å². The number of nitrogens with two attached hydrogens (primary N) is 1. The Morgan fingerprint density at radius 3 is 2.64 bits per heavy atom. The summed E-state index contributed by atoms with van der Waals surface area (Å²) in [6.45, 7) is 2.51. The third-order valence-electron chi connectivity index (χ3n) is 3.05. The van der Waals surface area contributed by atoms with Crippen LogP contribution in [0.15, 0.2) is 12.1 Å². The Kier molecular flexibility index (Phi) is 2.20. The second kappa shape index (κ2) is 3.14. The van der Waals surface area contributed by atoms with Crippen LogP contribution in [0.2, 0.25) is 5.02 Å². The fraction of sp³-hybridized carbons (Fsp3) is 0.455. The van der Waals surface area contributed by atoms with E-state index in [1.165, 1.54) is 0 Å². The monoisotopic (exact) mass is 211 g/mol. The van der Waals surface area contributed by atoms with Crippen molar-refractivity contribution in [3.05, 3.63) is 28.3 Å². The normalized spacial score (nSPS) is 18.2. The van der Waals surface area contributed by atoms with Crippen LogP contribution >= 0.6 is 11.6 Å². The molecule has 0 heterocycles. The van der Waals surface area contributed by atoms with Crippen LogP contribution < -0.4 is 5.73 Å². The third-order valence-corrected chi connectivity index (χ3v) is 3.56. The van der Waals surface area contributed by atoms with Crippen LogP contribution in [0.5, 0.6) is 5.75 Å². The van der Waals surface area contributed by atoms with Crippen LogP contribution in [0.1, 0.15) is 24.0 Å². The molecule has 0 radical (unpaired) electrons. The first kappa shape index (κ1) is 9.81. The molecule has 2 rings (SSSR count). The Bertz CT molecular complexity index is 372. The minimum absolute atomic E-state index is 0.0422. The minimum Gasteiger partial charge on any atom is -0.508 e. The highest BCUT2D eigenvalue weighted by atomic mass is 35.5. The lowest BCUT2D eigenvalue weighted by molar-refractivity contribution is 0.473. The van der Waals surface area contributed by atoms with E-state index < -0.39 is 0 Å². The molecule has 0 saturated heterocycles. The van der Waals surface area contributed by atoms with Gasteiger partial charge in [-0.05, 0) is 43.0 Å². The van der Waals surface area contributed by atoms with E-state index in [9.17, 15) is 5.11 Å². The number of phenols is 1. The quantitative estimate of drug-likeness (QED) is 0.789.